The summed E-state index contributed by atoms with van der Waals surface area (Å²) in [6, 6.07) is 15.3. The molecule has 1 fully saturated rings. The first-order valence-corrected chi connectivity index (χ1v) is 9.23. The molecule has 0 aliphatic carbocycles. The summed E-state index contributed by atoms with van der Waals surface area (Å²) < 4.78 is 0. The van der Waals surface area contributed by atoms with Crippen molar-refractivity contribution >= 4 is 6.91 Å². The molecule has 122 valence electrons. The fraction of sp³-hybridized carbons (Fsp3) is 0.476. The van der Waals surface area contributed by atoms with Gasteiger partial charge >= 0.3 is 128 Å². The minimum absolute atomic E-state index is 0.865. The summed E-state index contributed by atoms with van der Waals surface area (Å²) in [5.74, 6) is 3.06. The molecule has 0 bridgehead atoms. The van der Waals surface area contributed by atoms with Gasteiger partial charge in [-0.3, -0.25) is 0 Å². The average Bonchev–Trinajstić information content (AvgIpc) is 2.64. The second-order valence-corrected chi connectivity index (χ2v) is 6.15. The Bertz CT molecular complexity index is 547. The van der Waals surface area contributed by atoms with Crippen LogP contribution in [0.25, 0.3) is 0 Å². The monoisotopic (exact) mass is 307 g/mol. The van der Waals surface area contributed by atoms with Crippen LogP contribution in [0, 0.1) is 5.92 Å². The van der Waals surface area contributed by atoms with Crippen LogP contribution >= 0.6 is 0 Å². The van der Waals surface area contributed by atoms with Crippen LogP contribution in [-0.2, 0) is 19.3 Å². The Balaban J connectivity index is 0.000000924. The Labute approximate surface area is 142 Å². The van der Waals surface area contributed by atoms with Crippen molar-refractivity contribution in [1.82, 2.24) is 5.32 Å². The van der Waals surface area contributed by atoms with Gasteiger partial charge < -0.3 is 0 Å². The van der Waals surface area contributed by atoms with Gasteiger partial charge in [0.2, 0.25) is 0 Å². The van der Waals surface area contributed by atoms with E-state index in [0.717, 1.165) is 18.8 Å². The topological polar surface area (TPSA) is 12.0 Å². The number of piperidine rings is 1. The molecule has 2 heterocycles. The van der Waals surface area contributed by atoms with Gasteiger partial charge in [-0.25, -0.2) is 0 Å². The summed E-state index contributed by atoms with van der Waals surface area (Å²) in [5, 5.41) is 3.46. The summed E-state index contributed by atoms with van der Waals surface area (Å²) in [4.78, 5) is 0. The van der Waals surface area contributed by atoms with E-state index in [1.165, 1.54) is 37.9 Å². The molecule has 0 radical (unpaired) electrons. The van der Waals surface area contributed by atoms with Gasteiger partial charge in [0.15, 0.2) is 0 Å². The van der Waals surface area contributed by atoms with E-state index in [0.29, 0.717) is 0 Å². The maximum absolute atomic E-state index is 3.46. The molecular weight excluding hydrogens is 277 g/mol. The van der Waals surface area contributed by atoms with E-state index in [1.807, 2.05) is 13.8 Å². The number of benzene rings is 1. The van der Waals surface area contributed by atoms with Crippen molar-refractivity contribution in [1.29, 1.82) is 0 Å². The van der Waals surface area contributed by atoms with E-state index in [2.05, 4.69) is 60.7 Å². The van der Waals surface area contributed by atoms with E-state index in [-0.39, 0.29) is 0 Å². The van der Waals surface area contributed by atoms with Crippen LogP contribution in [0.4, 0.5) is 0 Å². The van der Waals surface area contributed by atoms with Gasteiger partial charge in [0.25, 0.3) is 0 Å². The quantitative estimate of drug-likeness (QED) is 0.864. The fourth-order valence-corrected chi connectivity index (χ4v) is 3.32. The van der Waals surface area contributed by atoms with Crippen LogP contribution in [0.3, 0.4) is 0 Å². The molecule has 1 aliphatic heterocycles. The standard InChI is InChI=1S/C19H24BN.C2H6/c1-2-5-16(6-3-1)8-9-18-7-4-12-20-19(18)15-17-10-13-21-14-11-17;1-2/h1-7,12,17,21H,8-11,13-15H2;1-2H3. The van der Waals surface area contributed by atoms with Crippen molar-refractivity contribution in [2.75, 3.05) is 13.1 Å². The van der Waals surface area contributed by atoms with Gasteiger partial charge in [0, 0.05) is 0 Å². The third-order valence-corrected chi connectivity index (χ3v) is 4.61. The first-order valence-electron chi connectivity index (χ1n) is 9.23. The van der Waals surface area contributed by atoms with Gasteiger partial charge in [0.05, 0.1) is 0 Å². The Kier molecular flexibility index (Phi) is 8.10. The van der Waals surface area contributed by atoms with Gasteiger partial charge in [-0.05, 0) is 0 Å². The molecule has 1 aliphatic rings. The van der Waals surface area contributed by atoms with E-state index in [1.54, 1.807) is 11.0 Å². The van der Waals surface area contributed by atoms with E-state index in [4.69, 9.17) is 0 Å². The molecule has 1 N–H and O–H groups in total. The molecule has 3 rings (SSSR count). The van der Waals surface area contributed by atoms with Crippen LogP contribution < -0.4 is 5.32 Å². The Morgan fingerprint density at radius 3 is 2.43 bits per heavy atom. The summed E-state index contributed by atoms with van der Waals surface area (Å²) in [6.45, 7) is 8.72. The van der Waals surface area contributed by atoms with Crippen LogP contribution in [0.15, 0.2) is 48.4 Å². The Morgan fingerprint density at radius 2 is 1.70 bits per heavy atom. The van der Waals surface area contributed by atoms with Crippen molar-refractivity contribution in [3.05, 3.63) is 65.0 Å². The molecule has 1 saturated heterocycles. The van der Waals surface area contributed by atoms with Crippen LogP contribution in [0.5, 0.6) is 0 Å². The molecule has 23 heavy (non-hydrogen) atoms. The molecule has 2 heteroatoms. The molecule has 1 aromatic carbocycles. The third kappa shape index (κ3) is 5.95. The number of nitrogens with one attached hydrogen (secondary N) is 1. The predicted octanol–water partition coefficient (Wildman–Crippen LogP) is 4.38. The zero-order chi connectivity index (χ0) is 16.3. The summed E-state index contributed by atoms with van der Waals surface area (Å²) in [6.07, 6.45) is 6.21. The van der Waals surface area contributed by atoms with Crippen LogP contribution in [-0.4, -0.2) is 20.0 Å². The SMILES string of the molecule is CC.b1cccc(CCc2ccccc2)c1CC1CCNCC1. The zero-order valence-corrected chi connectivity index (χ0v) is 14.7. The van der Waals surface area contributed by atoms with Gasteiger partial charge in [-0.15, -0.1) is 0 Å². The van der Waals surface area contributed by atoms with E-state index in [9.17, 15) is 0 Å². The Morgan fingerprint density at radius 1 is 0.957 bits per heavy atom. The molecule has 0 amide bonds. The number of hydrogen-bond acceptors (Lipinski definition) is 1. The summed E-state index contributed by atoms with van der Waals surface area (Å²) in [5.41, 5.74) is 4.55. The molecule has 1 aromatic heterocycles. The van der Waals surface area contributed by atoms with Crippen molar-refractivity contribution in [3.8, 4) is 0 Å². The van der Waals surface area contributed by atoms with Gasteiger partial charge in [-0.1, -0.05) is 13.8 Å². The maximum atomic E-state index is 3.46. The fourth-order valence-electron chi connectivity index (χ4n) is 3.32. The zero-order valence-electron chi connectivity index (χ0n) is 14.7. The number of rotatable bonds is 5. The van der Waals surface area contributed by atoms with Crippen molar-refractivity contribution in [2.45, 2.75) is 46.0 Å². The second kappa shape index (κ2) is 10.4. The predicted molar refractivity (Wildman–Crippen MR) is 102 cm³/mol. The first-order chi connectivity index (χ1) is 11.4. The van der Waals surface area contributed by atoms with Crippen LogP contribution in [0.1, 0.15) is 43.3 Å². The molecule has 0 atom stereocenters. The second-order valence-electron chi connectivity index (χ2n) is 6.15. The summed E-state index contributed by atoms with van der Waals surface area (Å²) in [7, 11) is 0. The molecule has 0 spiro atoms. The van der Waals surface area contributed by atoms with E-state index < -0.39 is 0 Å². The van der Waals surface area contributed by atoms with E-state index >= 15 is 0 Å². The Hall–Kier alpha value is -1.41. The van der Waals surface area contributed by atoms with Crippen molar-refractivity contribution in [2.24, 2.45) is 5.92 Å². The number of aryl methyl sites for hydroxylation is 2. The molecular formula is C21H30BN. The average molecular weight is 307 g/mol. The van der Waals surface area contributed by atoms with Crippen LogP contribution in [0.2, 0.25) is 0 Å². The molecule has 2 aromatic rings. The molecule has 0 unspecified atom stereocenters. The first kappa shape index (κ1) is 17.9. The van der Waals surface area contributed by atoms with Crippen molar-refractivity contribution in [3.63, 3.8) is 0 Å². The van der Waals surface area contributed by atoms with Gasteiger partial charge in [0.1, 0.15) is 0 Å². The van der Waals surface area contributed by atoms with Gasteiger partial charge in [-0.2, -0.15) is 0 Å². The third-order valence-electron chi connectivity index (χ3n) is 4.61. The minimum atomic E-state index is 0.865. The number of hydrogen-bond donors (Lipinski definition) is 1. The normalized spacial score (nSPS) is 14.7. The molecule has 0 saturated carbocycles. The molecule has 1 nitrogen and oxygen atoms in total. The van der Waals surface area contributed by atoms with Crippen molar-refractivity contribution < 1.29 is 0 Å². The summed E-state index contributed by atoms with van der Waals surface area (Å²) >= 11 is 0.